The molecule has 4 heteroatoms. The zero-order valence-corrected chi connectivity index (χ0v) is 11.9. The van der Waals surface area contributed by atoms with Crippen molar-refractivity contribution >= 4 is 16.8 Å². The molecule has 4 nitrogen and oxygen atoms in total. The molecule has 0 bridgehead atoms. The van der Waals surface area contributed by atoms with Crippen molar-refractivity contribution in [2.45, 2.75) is 19.8 Å². The molecule has 0 saturated heterocycles. The third-order valence-electron chi connectivity index (χ3n) is 3.29. The SMILES string of the molecule is CCCN(CCCN)C(=O)c1cccc2ncccc12. The lowest BCUT2D eigenvalue weighted by Gasteiger charge is -2.22. The van der Waals surface area contributed by atoms with Crippen molar-refractivity contribution in [2.24, 2.45) is 5.73 Å². The van der Waals surface area contributed by atoms with Crippen LogP contribution in [0.2, 0.25) is 0 Å². The van der Waals surface area contributed by atoms with Gasteiger partial charge in [0.2, 0.25) is 0 Å². The minimum atomic E-state index is 0.0684. The molecular formula is C16H21N3O. The van der Waals surface area contributed by atoms with Crippen LogP contribution >= 0.6 is 0 Å². The predicted octanol–water partition coefficient (Wildman–Crippen LogP) is 2.44. The van der Waals surface area contributed by atoms with Crippen LogP contribution in [0.25, 0.3) is 10.9 Å². The van der Waals surface area contributed by atoms with Gasteiger partial charge in [0.15, 0.2) is 0 Å². The van der Waals surface area contributed by atoms with E-state index in [0.29, 0.717) is 13.1 Å². The Hall–Kier alpha value is -1.94. The van der Waals surface area contributed by atoms with Crippen LogP contribution in [0.5, 0.6) is 0 Å². The Balaban J connectivity index is 2.33. The highest BCUT2D eigenvalue weighted by atomic mass is 16.2. The molecule has 0 atom stereocenters. The number of hydrogen-bond acceptors (Lipinski definition) is 3. The summed E-state index contributed by atoms with van der Waals surface area (Å²) < 4.78 is 0. The molecule has 0 radical (unpaired) electrons. The molecule has 0 fully saturated rings. The van der Waals surface area contributed by atoms with Gasteiger partial charge in [0.1, 0.15) is 0 Å². The smallest absolute Gasteiger partial charge is 0.254 e. The Morgan fingerprint density at radius 2 is 2.10 bits per heavy atom. The number of carbonyl (C=O) groups is 1. The summed E-state index contributed by atoms with van der Waals surface area (Å²) in [7, 11) is 0. The van der Waals surface area contributed by atoms with Gasteiger partial charge in [0, 0.05) is 30.2 Å². The number of carbonyl (C=O) groups excluding carboxylic acids is 1. The lowest BCUT2D eigenvalue weighted by atomic mass is 10.1. The van der Waals surface area contributed by atoms with E-state index in [0.717, 1.165) is 35.9 Å². The summed E-state index contributed by atoms with van der Waals surface area (Å²) in [4.78, 5) is 18.9. The molecule has 2 rings (SSSR count). The molecule has 0 aliphatic heterocycles. The van der Waals surface area contributed by atoms with Gasteiger partial charge in [0.25, 0.3) is 5.91 Å². The van der Waals surface area contributed by atoms with Gasteiger partial charge in [-0.05, 0) is 37.6 Å². The molecule has 0 aliphatic carbocycles. The molecule has 20 heavy (non-hydrogen) atoms. The lowest BCUT2D eigenvalue weighted by molar-refractivity contribution is 0.0756. The van der Waals surface area contributed by atoms with E-state index in [9.17, 15) is 4.79 Å². The van der Waals surface area contributed by atoms with Gasteiger partial charge in [-0.15, -0.1) is 0 Å². The Morgan fingerprint density at radius 3 is 2.85 bits per heavy atom. The summed E-state index contributed by atoms with van der Waals surface area (Å²) in [6, 6.07) is 9.50. The summed E-state index contributed by atoms with van der Waals surface area (Å²) in [6.45, 7) is 4.15. The van der Waals surface area contributed by atoms with Crippen LogP contribution in [0.4, 0.5) is 0 Å². The number of benzene rings is 1. The number of amides is 1. The first-order valence-electron chi connectivity index (χ1n) is 7.11. The summed E-state index contributed by atoms with van der Waals surface area (Å²) in [5, 5.41) is 0.911. The highest BCUT2D eigenvalue weighted by molar-refractivity contribution is 6.06. The second-order valence-electron chi connectivity index (χ2n) is 4.81. The first-order valence-corrected chi connectivity index (χ1v) is 7.11. The Labute approximate surface area is 119 Å². The van der Waals surface area contributed by atoms with Gasteiger partial charge >= 0.3 is 0 Å². The van der Waals surface area contributed by atoms with Crippen molar-refractivity contribution in [1.82, 2.24) is 9.88 Å². The van der Waals surface area contributed by atoms with Crippen molar-refractivity contribution in [3.63, 3.8) is 0 Å². The van der Waals surface area contributed by atoms with Crippen molar-refractivity contribution in [3.05, 3.63) is 42.1 Å². The molecule has 2 aromatic rings. The van der Waals surface area contributed by atoms with Crippen LogP contribution in [0.1, 0.15) is 30.1 Å². The van der Waals surface area contributed by atoms with Gasteiger partial charge in [-0.25, -0.2) is 0 Å². The highest BCUT2D eigenvalue weighted by Crippen LogP contribution is 2.18. The summed E-state index contributed by atoms with van der Waals surface area (Å²) in [5.41, 5.74) is 7.13. The van der Waals surface area contributed by atoms with Crippen molar-refractivity contribution in [3.8, 4) is 0 Å². The quantitative estimate of drug-likeness (QED) is 0.878. The maximum Gasteiger partial charge on any atom is 0.254 e. The number of rotatable bonds is 6. The summed E-state index contributed by atoms with van der Waals surface area (Å²) in [6.07, 6.45) is 3.52. The number of fused-ring (bicyclic) bond motifs is 1. The molecule has 0 aliphatic rings. The number of nitrogens with zero attached hydrogens (tertiary/aromatic N) is 2. The molecule has 0 unspecified atom stereocenters. The number of pyridine rings is 1. The molecule has 106 valence electrons. The van der Waals surface area contributed by atoms with Crippen molar-refractivity contribution in [1.29, 1.82) is 0 Å². The van der Waals surface area contributed by atoms with E-state index < -0.39 is 0 Å². The first kappa shape index (κ1) is 14.5. The van der Waals surface area contributed by atoms with Gasteiger partial charge in [-0.3, -0.25) is 9.78 Å². The van der Waals surface area contributed by atoms with Crippen LogP contribution in [-0.2, 0) is 0 Å². The monoisotopic (exact) mass is 271 g/mol. The molecule has 1 heterocycles. The average Bonchev–Trinajstić information content (AvgIpc) is 2.50. The van der Waals surface area contributed by atoms with Gasteiger partial charge in [-0.2, -0.15) is 0 Å². The molecule has 1 aromatic carbocycles. The van der Waals surface area contributed by atoms with Crippen molar-refractivity contribution < 1.29 is 4.79 Å². The Kier molecular flexibility index (Phi) is 5.07. The minimum absolute atomic E-state index is 0.0684. The summed E-state index contributed by atoms with van der Waals surface area (Å²) >= 11 is 0. The van der Waals surface area contributed by atoms with Gasteiger partial charge in [-0.1, -0.05) is 19.1 Å². The summed E-state index contributed by atoms with van der Waals surface area (Å²) in [5.74, 6) is 0.0684. The van der Waals surface area contributed by atoms with Crippen LogP contribution in [-0.4, -0.2) is 35.4 Å². The van der Waals surface area contributed by atoms with E-state index in [4.69, 9.17) is 5.73 Å². The zero-order valence-electron chi connectivity index (χ0n) is 11.9. The third-order valence-corrected chi connectivity index (χ3v) is 3.29. The maximum absolute atomic E-state index is 12.7. The first-order chi connectivity index (χ1) is 9.77. The van der Waals surface area contributed by atoms with E-state index >= 15 is 0 Å². The number of hydrogen-bond donors (Lipinski definition) is 1. The number of nitrogens with two attached hydrogens (primary N) is 1. The second-order valence-corrected chi connectivity index (χ2v) is 4.81. The fraction of sp³-hybridized carbons (Fsp3) is 0.375. The van der Waals surface area contributed by atoms with E-state index in [-0.39, 0.29) is 5.91 Å². The van der Waals surface area contributed by atoms with E-state index in [1.165, 1.54) is 0 Å². The van der Waals surface area contributed by atoms with Crippen LogP contribution in [0, 0.1) is 0 Å². The van der Waals surface area contributed by atoms with E-state index in [1.54, 1.807) is 6.20 Å². The Morgan fingerprint density at radius 1 is 1.25 bits per heavy atom. The van der Waals surface area contributed by atoms with Gasteiger partial charge < -0.3 is 10.6 Å². The van der Waals surface area contributed by atoms with Crippen molar-refractivity contribution in [2.75, 3.05) is 19.6 Å². The largest absolute Gasteiger partial charge is 0.339 e. The van der Waals surface area contributed by atoms with E-state index in [2.05, 4.69) is 11.9 Å². The van der Waals surface area contributed by atoms with Crippen LogP contribution in [0.15, 0.2) is 36.5 Å². The molecule has 0 saturated carbocycles. The molecular weight excluding hydrogens is 250 g/mol. The van der Waals surface area contributed by atoms with E-state index in [1.807, 2.05) is 35.2 Å². The lowest BCUT2D eigenvalue weighted by Crippen LogP contribution is -2.33. The Bertz CT molecular complexity index is 577. The molecule has 1 amide bonds. The van der Waals surface area contributed by atoms with Gasteiger partial charge in [0.05, 0.1) is 5.52 Å². The molecule has 0 spiro atoms. The minimum Gasteiger partial charge on any atom is -0.339 e. The normalized spacial score (nSPS) is 10.7. The predicted molar refractivity (Wildman–Crippen MR) is 81.6 cm³/mol. The van der Waals surface area contributed by atoms with Crippen LogP contribution in [0.3, 0.4) is 0 Å². The standard InChI is InChI=1S/C16H21N3O/c1-2-11-19(12-5-9-17)16(20)14-6-3-8-15-13(14)7-4-10-18-15/h3-4,6-8,10H,2,5,9,11-12,17H2,1H3. The fourth-order valence-corrected chi connectivity index (χ4v) is 2.33. The topological polar surface area (TPSA) is 59.2 Å². The molecule has 1 aromatic heterocycles. The second kappa shape index (κ2) is 7.01. The fourth-order valence-electron chi connectivity index (χ4n) is 2.33. The highest BCUT2D eigenvalue weighted by Gasteiger charge is 2.16. The third kappa shape index (κ3) is 3.14. The average molecular weight is 271 g/mol. The maximum atomic E-state index is 12.7. The zero-order chi connectivity index (χ0) is 14.4. The number of aromatic nitrogens is 1. The van der Waals surface area contributed by atoms with Crippen LogP contribution < -0.4 is 5.73 Å². The molecule has 2 N–H and O–H groups in total.